The van der Waals surface area contributed by atoms with Gasteiger partial charge in [0.1, 0.15) is 0 Å². The van der Waals surface area contributed by atoms with Gasteiger partial charge in [0.25, 0.3) is 0 Å². The number of anilines is 1. The summed E-state index contributed by atoms with van der Waals surface area (Å²) in [7, 11) is 0. The maximum Gasteiger partial charge on any atom is 0.234 e. The molecule has 2 aromatic carbocycles. The highest BCUT2D eigenvalue weighted by Gasteiger charge is 2.09. The number of carbonyl (C=O) groups is 1. The molecule has 0 aliphatic rings. The Morgan fingerprint density at radius 2 is 2.04 bits per heavy atom. The predicted octanol–water partition coefficient (Wildman–Crippen LogP) is 4.42. The van der Waals surface area contributed by atoms with E-state index in [1.54, 1.807) is 24.3 Å². The first-order chi connectivity index (χ1) is 12.1. The summed E-state index contributed by atoms with van der Waals surface area (Å²) >= 11 is 7.18. The predicted molar refractivity (Wildman–Crippen MR) is 102 cm³/mol. The summed E-state index contributed by atoms with van der Waals surface area (Å²) in [6.45, 7) is 2.12. The average Bonchev–Trinajstić information content (AvgIpc) is 3.09. The second-order valence-corrected chi connectivity index (χ2v) is 6.74. The van der Waals surface area contributed by atoms with Crippen LogP contribution in [0.25, 0.3) is 11.4 Å². The third-order valence-corrected chi connectivity index (χ3v) is 4.62. The molecule has 3 aromatic rings. The van der Waals surface area contributed by atoms with Crippen LogP contribution in [0.5, 0.6) is 0 Å². The van der Waals surface area contributed by atoms with Crippen LogP contribution in [0.1, 0.15) is 12.5 Å². The number of benzene rings is 2. The number of carbonyl (C=O) groups excluding carboxylic acids is 1. The van der Waals surface area contributed by atoms with Gasteiger partial charge in [-0.3, -0.25) is 9.89 Å². The first-order valence-electron chi connectivity index (χ1n) is 7.84. The van der Waals surface area contributed by atoms with E-state index in [2.05, 4.69) is 39.6 Å². The molecule has 0 aliphatic heterocycles. The number of thioether (sulfide) groups is 1. The summed E-state index contributed by atoms with van der Waals surface area (Å²) in [4.78, 5) is 16.4. The van der Waals surface area contributed by atoms with E-state index < -0.39 is 0 Å². The molecule has 0 spiro atoms. The van der Waals surface area contributed by atoms with Gasteiger partial charge in [0.05, 0.1) is 5.75 Å². The summed E-state index contributed by atoms with van der Waals surface area (Å²) in [5, 5.41) is 11.0. The zero-order valence-electron chi connectivity index (χ0n) is 13.6. The summed E-state index contributed by atoms with van der Waals surface area (Å²) < 4.78 is 0. The van der Waals surface area contributed by atoms with E-state index in [1.165, 1.54) is 17.3 Å². The van der Waals surface area contributed by atoms with Crippen LogP contribution in [0.15, 0.2) is 53.7 Å². The minimum Gasteiger partial charge on any atom is -0.325 e. The van der Waals surface area contributed by atoms with Gasteiger partial charge in [0.15, 0.2) is 5.82 Å². The fraction of sp³-hybridized carbons (Fsp3) is 0.167. The molecule has 0 saturated carbocycles. The number of halogens is 1. The van der Waals surface area contributed by atoms with Crippen molar-refractivity contribution in [3.63, 3.8) is 0 Å². The Morgan fingerprint density at radius 1 is 1.24 bits per heavy atom. The van der Waals surface area contributed by atoms with Crippen molar-refractivity contribution >= 4 is 35.0 Å². The van der Waals surface area contributed by atoms with Crippen LogP contribution in [-0.2, 0) is 11.2 Å². The van der Waals surface area contributed by atoms with Crippen molar-refractivity contribution in [3.05, 3.63) is 59.1 Å². The van der Waals surface area contributed by atoms with Crippen LogP contribution in [0.3, 0.4) is 0 Å². The highest BCUT2D eigenvalue weighted by atomic mass is 35.5. The lowest BCUT2D eigenvalue weighted by Crippen LogP contribution is -2.14. The van der Waals surface area contributed by atoms with E-state index in [9.17, 15) is 4.79 Å². The molecule has 0 radical (unpaired) electrons. The van der Waals surface area contributed by atoms with Crippen molar-refractivity contribution in [2.24, 2.45) is 0 Å². The second-order valence-electron chi connectivity index (χ2n) is 5.36. The van der Waals surface area contributed by atoms with Crippen molar-refractivity contribution in [2.45, 2.75) is 18.5 Å². The third kappa shape index (κ3) is 4.84. The molecule has 1 aromatic heterocycles. The van der Waals surface area contributed by atoms with E-state index in [1.807, 2.05) is 12.1 Å². The van der Waals surface area contributed by atoms with Crippen molar-refractivity contribution in [1.82, 2.24) is 15.2 Å². The van der Waals surface area contributed by atoms with Crippen molar-refractivity contribution in [1.29, 1.82) is 0 Å². The molecule has 7 heteroatoms. The number of rotatable bonds is 6. The van der Waals surface area contributed by atoms with E-state index in [0.29, 0.717) is 21.7 Å². The molecule has 0 atom stereocenters. The number of aryl methyl sites for hydroxylation is 1. The monoisotopic (exact) mass is 372 g/mol. The molecule has 0 fully saturated rings. The minimum atomic E-state index is -0.133. The fourth-order valence-electron chi connectivity index (χ4n) is 2.23. The number of aromatic nitrogens is 3. The smallest absolute Gasteiger partial charge is 0.234 e. The molecular weight excluding hydrogens is 356 g/mol. The third-order valence-electron chi connectivity index (χ3n) is 3.54. The summed E-state index contributed by atoms with van der Waals surface area (Å²) in [6, 6.07) is 15.2. The van der Waals surface area contributed by atoms with E-state index in [0.717, 1.165) is 12.0 Å². The quantitative estimate of drug-likeness (QED) is 0.628. The molecule has 25 heavy (non-hydrogen) atoms. The number of hydrogen-bond acceptors (Lipinski definition) is 4. The van der Waals surface area contributed by atoms with E-state index >= 15 is 0 Å². The Balaban J connectivity index is 1.56. The molecule has 0 aliphatic carbocycles. The first-order valence-corrected chi connectivity index (χ1v) is 9.20. The molecular formula is C18H17ClN4OS. The zero-order chi connectivity index (χ0) is 17.6. The van der Waals surface area contributed by atoms with Crippen molar-refractivity contribution in [2.75, 3.05) is 11.1 Å². The molecule has 3 rings (SSSR count). The number of nitrogens with one attached hydrogen (secondary N) is 2. The molecule has 0 bridgehead atoms. The van der Waals surface area contributed by atoms with Crippen LogP contribution in [0, 0.1) is 0 Å². The standard InChI is InChI=1S/C18H17ClN4OS/c1-2-12-6-8-13(9-7-12)17-21-18(23-22-17)25-11-16(24)20-15-5-3-4-14(19)10-15/h3-10H,2,11H2,1H3,(H,20,24)(H,21,22,23). The highest BCUT2D eigenvalue weighted by molar-refractivity contribution is 7.99. The lowest BCUT2D eigenvalue weighted by molar-refractivity contribution is -0.113. The number of nitrogens with zero attached hydrogens (tertiary/aromatic N) is 2. The molecule has 1 heterocycles. The van der Waals surface area contributed by atoms with Gasteiger partial charge in [0.2, 0.25) is 11.1 Å². The van der Waals surface area contributed by atoms with Crippen molar-refractivity contribution < 1.29 is 4.79 Å². The van der Waals surface area contributed by atoms with Gasteiger partial charge in [-0.05, 0) is 30.2 Å². The van der Waals surface area contributed by atoms with Gasteiger partial charge in [0, 0.05) is 16.3 Å². The van der Waals surface area contributed by atoms with Crippen LogP contribution in [0.4, 0.5) is 5.69 Å². The van der Waals surface area contributed by atoms with Gasteiger partial charge in [-0.2, -0.15) is 0 Å². The first kappa shape index (κ1) is 17.5. The number of amides is 1. The van der Waals surface area contributed by atoms with Gasteiger partial charge in [-0.15, -0.1) is 5.10 Å². The van der Waals surface area contributed by atoms with Gasteiger partial charge < -0.3 is 5.32 Å². The Bertz CT molecular complexity index is 864. The fourth-order valence-corrected chi connectivity index (χ4v) is 3.02. The maximum absolute atomic E-state index is 12.0. The summed E-state index contributed by atoms with van der Waals surface area (Å²) in [5.74, 6) is 0.782. The second kappa shape index (κ2) is 8.18. The summed E-state index contributed by atoms with van der Waals surface area (Å²) in [6.07, 6.45) is 1.000. The molecule has 1 amide bonds. The molecule has 128 valence electrons. The Morgan fingerprint density at radius 3 is 2.76 bits per heavy atom. The van der Waals surface area contributed by atoms with Crippen molar-refractivity contribution in [3.8, 4) is 11.4 Å². The maximum atomic E-state index is 12.0. The molecule has 2 N–H and O–H groups in total. The Hall–Kier alpha value is -2.31. The topological polar surface area (TPSA) is 70.7 Å². The molecule has 0 unspecified atom stereocenters. The van der Waals surface area contributed by atoms with E-state index in [-0.39, 0.29) is 11.7 Å². The average molecular weight is 373 g/mol. The zero-order valence-corrected chi connectivity index (χ0v) is 15.2. The van der Waals surface area contributed by atoms with Gasteiger partial charge in [-0.25, -0.2) is 4.98 Å². The van der Waals surface area contributed by atoms with Crippen LogP contribution in [0.2, 0.25) is 5.02 Å². The van der Waals surface area contributed by atoms with Crippen LogP contribution >= 0.6 is 23.4 Å². The lowest BCUT2D eigenvalue weighted by Gasteiger charge is -2.04. The minimum absolute atomic E-state index is 0.133. The highest BCUT2D eigenvalue weighted by Crippen LogP contribution is 2.20. The van der Waals surface area contributed by atoms with Crippen LogP contribution < -0.4 is 5.32 Å². The number of hydrogen-bond donors (Lipinski definition) is 2. The van der Waals surface area contributed by atoms with Gasteiger partial charge in [-0.1, -0.05) is 60.6 Å². The largest absolute Gasteiger partial charge is 0.325 e. The summed E-state index contributed by atoms with van der Waals surface area (Å²) in [5.41, 5.74) is 2.92. The lowest BCUT2D eigenvalue weighted by atomic mass is 10.1. The Kier molecular flexibility index (Phi) is 5.73. The molecule has 5 nitrogen and oxygen atoms in total. The number of aromatic amines is 1. The Labute approximate surface area is 155 Å². The number of H-pyrrole nitrogens is 1. The van der Waals surface area contributed by atoms with E-state index in [4.69, 9.17) is 11.6 Å². The SMILES string of the molecule is CCc1ccc(-c2nc(SCC(=O)Nc3cccc(Cl)c3)n[nH]2)cc1. The normalized spacial score (nSPS) is 10.6. The van der Waals surface area contributed by atoms with Gasteiger partial charge >= 0.3 is 0 Å². The molecule has 0 saturated heterocycles. The van der Waals surface area contributed by atoms with Crippen LogP contribution in [-0.4, -0.2) is 26.8 Å².